The zero-order chi connectivity index (χ0) is 18.0. The summed E-state index contributed by atoms with van der Waals surface area (Å²) in [7, 11) is 0. The molecule has 1 aliphatic rings. The molecule has 2 rings (SSSR count). The molecule has 0 aliphatic carbocycles. The first-order valence-corrected chi connectivity index (χ1v) is 8.35. The summed E-state index contributed by atoms with van der Waals surface area (Å²) < 4.78 is 16.9. The van der Waals surface area contributed by atoms with E-state index >= 15 is 0 Å². The van der Waals surface area contributed by atoms with Gasteiger partial charge in [-0.2, -0.15) is 0 Å². The molecule has 0 radical (unpaired) electrons. The van der Waals surface area contributed by atoms with Crippen LogP contribution < -0.4 is 0 Å². The number of esters is 2. The minimum absolute atomic E-state index is 0.154. The molecule has 0 spiro atoms. The van der Waals surface area contributed by atoms with Gasteiger partial charge in [0, 0.05) is 10.0 Å². The van der Waals surface area contributed by atoms with Crippen molar-refractivity contribution >= 4 is 34.3 Å². The Labute approximate surface area is 149 Å². The van der Waals surface area contributed by atoms with Gasteiger partial charge in [0.2, 0.25) is 6.04 Å². The number of carbonyl (C=O) groups excluding carboxylic acids is 2. The van der Waals surface area contributed by atoms with Gasteiger partial charge in [-0.25, -0.2) is 14.6 Å². The molecule has 0 aromatic heterocycles. The minimum atomic E-state index is -1.68. The molecule has 0 bridgehead atoms. The molecule has 0 fully saturated rings. The Morgan fingerprint density at radius 3 is 2.46 bits per heavy atom. The third kappa shape index (κ3) is 3.61. The maximum Gasteiger partial charge on any atom is 0.358 e. The van der Waals surface area contributed by atoms with E-state index in [1.54, 1.807) is 52.0 Å². The third-order valence-corrected chi connectivity index (χ3v) is 3.84. The fourth-order valence-corrected chi connectivity index (χ4v) is 2.63. The lowest BCUT2D eigenvalue weighted by Gasteiger charge is -2.31. The average Bonchev–Trinajstić information content (AvgIpc) is 2.92. The molecule has 130 valence electrons. The Bertz CT molecular complexity index is 650. The third-order valence-electron chi connectivity index (χ3n) is 3.32. The van der Waals surface area contributed by atoms with Crippen molar-refractivity contribution in [3.63, 3.8) is 0 Å². The lowest BCUT2D eigenvalue weighted by atomic mass is 9.86. The number of hydrogen-bond donors (Lipinski definition) is 0. The van der Waals surface area contributed by atoms with Gasteiger partial charge in [0.05, 0.1) is 6.61 Å². The molecule has 1 aromatic carbocycles. The van der Waals surface area contributed by atoms with Gasteiger partial charge in [-0.05, 0) is 39.8 Å². The number of ether oxygens (including phenoxy) is 3. The summed E-state index contributed by atoms with van der Waals surface area (Å²) in [5, 5.41) is 0. The molecule has 1 heterocycles. The van der Waals surface area contributed by atoms with Gasteiger partial charge in [0.15, 0.2) is 6.40 Å². The van der Waals surface area contributed by atoms with Crippen molar-refractivity contribution in [2.24, 2.45) is 4.99 Å². The van der Waals surface area contributed by atoms with Gasteiger partial charge in [0.25, 0.3) is 5.60 Å². The Hall–Kier alpha value is -1.89. The Balaban J connectivity index is 2.47. The van der Waals surface area contributed by atoms with Crippen LogP contribution in [0.2, 0.25) is 0 Å². The second-order valence-electron chi connectivity index (χ2n) is 6.27. The number of nitrogens with zero attached hydrogens (tertiary/aromatic N) is 1. The van der Waals surface area contributed by atoms with Crippen molar-refractivity contribution in [1.82, 2.24) is 0 Å². The molecule has 0 saturated heterocycles. The summed E-state index contributed by atoms with van der Waals surface area (Å²) in [5.74, 6) is -1.33. The van der Waals surface area contributed by atoms with E-state index in [0.717, 1.165) is 10.9 Å². The van der Waals surface area contributed by atoms with Gasteiger partial charge in [-0.1, -0.05) is 28.1 Å². The van der Waals surface area contributed by atoms with Crippen molar-refractivity contribution in [2.75, 3.05) is 6.61 Å². The molecule has 24 heavy (non-hydrogen) atoms. The molecule has 2 atom stereocenters. The molecule has 0 unspecified atom stereocenters. The van der Waals surface area contributed by atoms with E-state index in [4.69, 9.17) is 14.2 Å². The molecule has 1 aromatic rings. The van der Waals surface area contributed by atoms with Crippen LogP contribution >= 0.6 is 15.9 Å². The van der Waals surface area contributed by atoms with Crippen LogP contribution in [0, 0.1) is 0 Å². The minimum Gasteiger partial charge on any atom is -0.463 e. The van der Waals surface area contributed by atoms with E-state index in [1.165, 1.54) is 0 Å². The molecule has 7 heteroatoms. The number of hydrogen-bond acceptors (Lipinski definition) is 6. The van der Waals surface area contributed by atoms with Crippen LogP contribution in [-0.2, 0) is 29.4 Å². The van der Waals surface area contributed by atoms with Crippen molar-refractivity contribution in [2.45, 2.75) is 44.9 Å². The van der Waals surface area contributed by atoms with E-state index in [9.17, 15) is 9.59 Å². The normalized spacial score (nSPS) is 22.8. The number of benzene rings is 1. The van der Waals surface area contributed by atoms with Crippen LogP contribution in [-0.4, -0.2) is 36.6 Å². The Morgan fingerprint density at radius 2 is 1.92 bits per heavy atom. The zero-order valence-electron chi connectivity index (χ0n) is 14.0. The van der Waals surface area contributed by atoms with E-state index in [-0.39, 0.29) is 6.61 Å². The van der Waals surface area contributed by atoms with Crippen LogP contribution in [0.15, 0.2) is 33.7 Å². The summed E-state index contributed by atoms with van der Waals surface area (Å²) in [4.78, 5) is 29.3. The molecule has 0 saturated carbocycles. The van der Waals surface area contributed by atoms with Crippen LogP contribution in [0.4, 0.5) is 0 Å². The van der Waals surface area contributed by atoms with Gasteiger partial charge >= 0.3 is 11.9 Å². The lowest BCUT2D eigenvalue weighted by molar-refractivity contribution is -0.175. The highest BCUT2D eigenvalue weighted by Gasteiger charge is 2.58. The smallest absolute Gasteiger partial charge is 0.358 e. The SMILES string of the molecule is CCOC(=O)[C@@]1(c2ccc(Br)cc2)OC=N[C@H]1C(=O)OC(C)(C)C. The van der Waals surface area contributed by atoms with E-state index < -0.39 is 29.2 Å². The maximum absolute atomic E-state index is 12.7. The quantitative estimate of drug-likeness (QED) is 0.730. The predicted molar refractivity (Wildman–Crippen MR) is 91.7 cm³/mol. The Kier molecular flexibility index (Phi) is 5.32. The highest BCUT2D eigenvalue weighted by atomic mass is 79.9. The summed E-state index contributed by atoms with van der Waals surface area (Å²) in [6.07, 6.45) is 1.10. The van der Waals surface area contributed by atoms with Crippen molar-refractivity contribution in [3.05, 3.63) is 34.3 Å². The number of rotatable bonds is 4. The van der Waals surface area contributed by atoms with Crippen LogP contribution in [0.1, 0.15) is 33.3 Å². The second kappa shape index (κ2) is 6.93. The van der Waals surface area contributed by atoms with Gasteiger partial charge in [0.1, 0.15) is 5.60 Å². The van der Waals surface area contributed by atoms with E-state index in [0.29, 0.717) is 5.56 Å². The predicted octanol–water partition coefficient (Wildman–Crippen LogP) is 2.98. The monoisotopic (exact) mass is 397 g/mol. The van der Waals surface area contributed by atoms with Crippen molar-refractivity contribution in [3.8, 4) is 0 Å². The lowest BCUT2D eigenvalue weighted by Crippen LogP contribution is -2.51. The first-order valence-electron chi connectivity index (χ1n) is 7.56. The molecular formula is C17H20BrNO5. The molecule has 1 aliphatic heterocycles. The first-order chi connectivity index (χ1) is 11.2. The van der Waals surface area contributed by atoms with Gasteiger partial charge in [-0.15, -0.1) is 0 Å². The summed E-state index contributed by atoms with van der Waals surface area (Å²) >= 11 is 3.34. The van der Waals surface area contributed by atoms with Gasteiger partial charge < -0.3 is 14.2 Å². The number of halogens is 1. The van der Waals surface area contributed by atoms with Crippen LogP contribution in [0.3, 0.4) is 0 Å². The van der Waals surface area contributed by atoms with E-state index in [1.807, 2.05) is 0 Å². The van der Waals surface area contributed by atoms with Crippen LogP contribution in [0.25, 0.3) is 0 Å². The van der Waals surface area contributed by atoms with Crippen LogP contribution in [0.5, 0.6) is 0 Å². The van der Waals surface area contributed by atoms with E-state index in [2.05, 4.69) is 20.9 Å². The molecular weight excluding hydrogens is 378 g/mol. The summed E-state index contributed by atoms with van der Waals surface area (Å²) in [6, 6.07) is 5.71. The summed E-state index contributed by atoms with van der Waals surface area (Å²) in [5.41, 5.74) is -1.92. The summed E-state index contributed by atoms with van der Waals surface area (Å²) in [6.45, 7) is 7.08. The number of carbonyl (C=O) groups is 2. The van der Waals surface area contributed by atoms with Crippen molar-refractivity contribution < 1.29 is 23.8 Å². The number of aliphatic imine (C=N–C) groups is 1. The van der Waals surface area contributed by atoms with Crippen molar-refractivity contribution in [1.29, 1.82) is 0 Å². The highest BCUT2D eigenvalue weighted by Crippen LogP contribution is 2.38. The average molecular weight is 398 g/mol. The zero-order valence-corrected chi connectivity index (χ0v) is 15.6. The molecule has 6 nitrogen and oxygen atoms in total. The molecule has 0 amide bonds. The molecule has 0 N–H and O–H groups in total. The Morgan fingerprint density at radius 1 is 1.29 bits per heavy atom. The maximum atomic E-state index is 12.7. The topological polar surface area (TPSA) is 74.2 Å². The standard InChI is InChI=1S/C17H20BrNO5/c1-5-22-15(21)17(11-6-8-12(18)9-7-11)13(19-10-23-17)14(20)24-16(2,3)4/h6-10,13H,5H2,1-4H3/t13-,17-/m0/s1. The first kappa shape index (κ1) is 18.4. The van der Waals surface area contributed by atoms with Gasteiger partial charge in [-0.3, -0.25) is 0 Å². The fraction of sp³-hybridized carbons (Fsp3) is 0.471. The largest absolute Gasteiger partial charge is 0.463 e. The fourth-order valence-electron chi connectivity index (χ4n) is 2.37. The second-order valence-corrected chi connectivity index (χ2v) is 7.19. The highest BCUT2D eigenvalue weighted by molar-refractivity contribution is 9.10.